The summed E-state index contributed by atoms with van der Waals surface area (Å²) in [4.78, 5) is 28.5. The Hall–Kier alpha value is -3.71. The zero-order valence-corrected chi connectivity index (χ0v) is 19.1. The first kappa shape index (κ1) is 23.4. The molecule has 4 rings (SSSR count). The van der Waals surface area contributed by atoms with E-state index >= 15 is 0 Å². The Balaban J connectivity index is 1.59. The Morgan fingerprint density at radius 2 is 1.71 bits per heavy atom. The molecule has 0 spiro atoms. The fourth-order valence-electron chi connectivity index (χ4n) is 4.03. The van der Waals surface area contributed by atoms with Crippen LogP contribution in [-0.4, -0.2) is 44.2 Å². The van der Waals surface area contributed by atoms with Crippen LogP contribution in [0.3, 0.4) is 0 Å². The van der Waals surface area contributed by atoms with Crippen molar-refractivity contribution in [1.82, 2.24) is 5.32 Å². The van der Waals surface area contributed by atoms with Crippen LogP contribution in [0.5, 0.6) is 0 Å². The predicted molar refractivity (Wildman–Crippen MR) is 131 cm³/mol. The molecule has 3 aromatic rings. The Kier molecular flexibility index (Phi) is 7.54. The number of amides is 2. The SMILES string of the molecule is Cc1ccccc1C(=O)NC(Cc1ccccc1)C(=O)Nc1cc(F)ccc1N1CCOCC1. The van der Waals surface area contributed by atoms with Crippen molar-refractivity contribution in [2.45, 2.75) is 19.4 Å². The van der Waals surface area contributed by atoms with Gasteiger partial charge in [-0.15, -0.1) is 0 Å². The van der Waals surface area contributed by atoms with Gasteiger partial charge >= 0.3 is 0 Å². The van der Waals surface area contributed by atoms with E-state index < -0.39 is 17.8 Å². The van der Waals surface area contributed by atoms with E-state index in [0.717, 1.165) is 16.8 Å². The number of hydrogen-bond acceptors (Lipinski definition) is 4. The third-order valence-electron chi connectivity index (χ3n) is 5.86. The van der Waals surface area contributed by atoms with Crippen LogP contribution in [0, 0.1) is 12.7 Å². The number of hydrogen-bond donors (Lipinski definition) is 2. The summed E-state index contributed by atoms with van der Waals surface area (Å²) in [5.41, 5.74) is 3.32. The van der Waals surface area contributed by atoms with E-state index in [2.05, 4.69) is 15.5 Å². The largest absolute Gasteiger partial charge is 0.378 e. The molecule has 0 bridgehead atoms. The third-order valence-corrected chi connectivity index (χ3v) is 5.86. The molecule has 2 amide bonds. The predicted octanol–water partition coefficient (Wildman–Crippen LogP) is 3.95. The van der Waals surface area contributed by atoms with Crippen LogP contribution in [0.4, 0.5) is 15.8 Å². The molecule has 1 aliphatic heterocycles. The average molecular weight is 462 g/mol. The molecule has 0 radical (unpaired) electrons. The first-order valence-electron chi connectivity index (χ1n) is 11.3. The minimum absolute atomic E-state index is 0.298. The van der Waals surface area contributed by atoms with E-state index in [9.17, 15) is 14.0 Å². The van der Waals surface area contributed by atoms with E-state index in [1.807, 2.05) is 49.4 Å². The number of nitrogens with zero attached hydrogens (tertiary/aromatic N) is 1. The summed E-state index contributed by atoms with van der Waals surface area (Å²) in [7, 11) is 0. The minimum atomic E-state index is -0.852. The maximum absolute atomic E-state index is 14.1. The Bertz CT molecular complexity index is 1150. The van der Waals surface area contributed by atoms with Gasteiger partial charge in [-0.1, -0.05) is 48.5 Å². The number of carbonyl (C=O) groups is 2. The topological polar surface area (TPSA) is 70.7 Å². The normalized spacial score (nSPS) is 14.4. The molecule has 0 aromatic heterocycles. The van der Waals surface area contributed by atoms with Crippen molar-refractivity contribution >= 4 is 23.2 Å². The molecule has 1 fully saturated rings. The van der Waals surface area contributed by atoms with Crippen molar-refractivity contribution in [1.29, 1.82) is 0 Å². The average Bonchev–Trinajstić information content (AvgIpc) is 2.85. The van der Waals surface area contributed by atoms with Gasteiger partial charge in [0.1, 0.15) is 11.9 Å². The quantitative estimate of drug-likeness (QED) is 0.559. The zero-order chi connectivity index (χ0) is 23.9. The molecule has 1 atom stereocenters. The molecule has 0 saturated carbocycles. The summed E-state index contributed by atoms with van der Waals surface area (Å²) >= 11 is 0. The van der Waals surface area contributed by atoms with Crippen LogP contribution < -0.4 is 15.5 Å². The molecule has 6 nitrogen and oxygen atoms in total. The molecule has 1 heterocycles. The molecule has 1 saturated heterocycles. The number of benzene rings is 3. The van der Waals surface area contributed by atoms with Gasteiger partial charge in [0.05, 0.1) is 24.6 Å². The second kappa shape index (κ2) is 10.9. The van der Waals surface area contributed by atoms with Crippen molar-refractivity contribution in [3.8, 4) is 0 Å². The van der Waals surface area contributed by atoms with Crippen molar-refractivity contribution in [2.75, 3.05) is 36.5 Å². The van der Waals surface area contributed by atoms with E-state index in [1.165, 1.54) is 12.1 Å². The van der Waals surface area contributed by atoms with Crippen molar-refractivity contribution in [2.24, 2.45) is 0 Å². The molecule has 34 heavy (non-hydrogen) atoms. The van der Waals surface area contributed by atoms with Gasteiger partial charge in [-0.2, -0.15) is 0 Å². The second-order valence-electron chi connectivity index (χ2n) is 8.28. The van der Waals surface area contributed by atoms with Crippen LogP contribution in [0.2, 0.25) is 0 Å². The number of nitrogens with one attached hydrogen (secondary N) is 2. The lowest BCUT2D eigenvalue weighted by Gasteiger charge is -2.31. The molecule has 0 aliphatic carbocycles. The number of morpholine rings is 1. The smallest absolute Gasteiger partial charge is 0.252 e. The fraction of sp³-hybridized carbons (Fsp3) is 0.259. The monoisotopic (exact) mass is 461 g/mol. The molecule has 2 N–H and O–H groups in total. The Morgan fingerprint density at radius 1 is 1.00 bits per heavy atom. The van der Waals surface area contributed by atoms with Gasteiger partial charge < -0.3 is 20.3 Å². The van der Waals surface area contributed by atoms with E-state index in [-0.39, 0.29) is 5.91 Å². The third kappa shape index (κ3) is 5.80. The number of anilines is 2. The van der Waals surface area contributed by atoms with E-state index in [0.29, 0.717) is 44.0 Å². The van der Waals surface area contributed by atoms with Gasteiger partial charge in [0, 0.05) is 25.1 Å². The fourth-order valence-corrected chi connectivity index (χ4v) is 4.03. The number of rotatable bonds is 7. The Morgan fingerprint density at radius 3 is 2.44 bits per heavy atom. The van der Waals surface area contributed by atoms with Crippen LogP contribution in [0.15, 0.2) is 72.8 Å². The molecule has 7 heteroatoms. The molecular weight excluding hydrogens is 433 g/mol. The van der Waals surface area contributed by atoms with Crippen LogP contribution in [-0.2, 0) is 16.0 Å². The molecule has 1 aliphatic rings. The van der Waals surface area contributed by atoms with Crippen molar-refractivity contribution < 1.29 is 18.7 Å². The number of carbonyl (C=O) groups excluding carboxylic acids is 2. The highest BCUT2D eigenvalue weighted by Gasteiger charge is 2.25. The number of halogens is 1. The lowest BCUT2D eigenvalue weighted by Crippen LogP contribution is -2.45. The molecular formula is C27H28FN3O3. The lowest BCUT2D eigenvalue weighted by molar-refractivity contribution is -0.118. The summed E-state index contributed by atoms with van der Waals surface area (Å²) in [5, 5.41) is 5.74. The second-order valence-corrected chi connectivity index (χ2v) is 8.28. The van der Waals surface area contributed by atoms with Crippen LogP contribution in [0.1, 0.15) is 21.5 Å². The summed E-state index contributed by atoms with van der Waals surface area (Å²) in [5.74, 6) is -1.19. The van der Waals surface area contributed by atoms with E-state index in [4.69, 9.17) is 4.74 Å². The van der Waals surface area contributed by atoms with Gasteiger partial charge in [0.2, 0.25) is 5.91 Å². The zero-order valence-electron chi connectivity index (χ0n) is 19.1. The standard InChI is InChI=1S/C27H28FN3O3/c1-19-7-5-6-10-22(19)26(32)30-24(17-20-8-3-2-4-9-20)27(33)29-23-18-21(28)11-12-25(23)31-13-15-34-16-14-31/h2-12,18,24H,13-17H2,1H3,(H,29,33)(H,30,32). The first-order chi connectivity index (χ1) is 16.5. The Labute approximate surface area is 198 Å². The maximum Gasteiger partial charge on any atom is 0.252 e. The minimum Gasteiger partial charge on any atom is -0.378 e. The lowest BCUT2D eigenvalue weighted by atomic mass is 10.0. The van der Waals surface area contributed by atoms with Gasteiger partial charge in [0.15, 0.2) is 0 Å². The number of ether oxygens (including phenoxy) is 1. The highest BCUT2D eigenvalue weighted by molar-refractivity contribution is 6.03. The summed E-state index contributed by atoms with van der Waals surface area (Å²) in [6, 6.07) is 20.2. The molecule has 176 valence electrons. The van der Waals surface area contributed by atoms with Crippen molar-refractivity contribution in [3.63, 3.8) is 0 Å². The van der Waals surface area contributed by atoms with Gasteiger partial charge in [-0.05, 0) is 42.3 Å². The first-order valence-corrected chi connectivity index (χ1v) is 11.3. The summed E-state index contributed by atoms with van der Waals surface area (Å²) < 4.78 is 19.5. The summed E-state index contributed by atoms with van der Waals surface area (Å²) in [6.45, 7) is 4.27. The maximum atomic E-state index is 14.1. The summed E-state index contributed by atoms with van der Waals surface area (Å²) in [6.07, 6.45) is 0.298. The van der Waals surface area contributed by atoms with Crippen LogP contribution in [0.25, 0.3) is 0 Å². The highest BCUT2D eigenvalue weighted by Crippen LogP contribution is 2.28. The number of aryl methyl sites for hydroxylation is 1. The van der Waals surface area contributed by atoms with Gasteiger partial charge in [-0.25, -0.2) is 4.39 Å². The van der Waals surface area contributed by atoms with Gasteiger partial charge in [0.25, 0.3) is 5.91 Å². The molecule has 1 unspecified atom stereocenters. The van der Waals surface area contributed by atoms with Gasteiger partial charge in [-0.3, -0.25) is 9.59 Å². The van der Waals surface area contributed by atoms with Crippen LogP contribution >= 0.6 is 0 Å². The van der Waals surface area contributed by atoms with E-state index in [1.54, 1.807) is 18.2 Å². The molecule has 3 aromatic carbocycles. The highest BCUT2D eigenvalue weighted by atomic mass is 19.1. The van der Waals surface area contributed by atoms with Crippen molar-refractivity contribution in [3.05, 3.63) is 95.3 Å².